The zero-order valence-corrected chi connectivity index (χ0v) is 27.3. The number of hydrogen-bond acceptors (Lipinski definition) is 9. The monoisotopic (exact) mass is 703 g/mol. The molecule has 49 heavy (non-hydrogen) atoms. The maximum Gasteiger partial charge on any atom is 0.417 e. The predicted molar refractivity (Wildman–Crippen MR) is 172 cm³/mol. The first kappa shape index (κ1) is 33.2. The van der Waals surface area contributed by atoms with Gasteiger partial charge >= 0.3 is 12.2 Å². The van der Waals surface area contributed by atoms with Crippen LogP contribution in [-0.4, -0.2) is 83.3 Å². The topological polar surface area (TPSA) is 112 Å². The number of ether oxygens (including phenoxy) is 1. The SMILES string of the molecule is CC(=O)N1CC[C@H](N(C)c2nc(OC[C@@]34CCCN3C[C@H](F)C4)nc3c(F)c(-c4ccc(F)c5sc(N)c(C#N)c45)c(C(F)(F)F)cc23)C1. The molecule has 4 aromatic rings. The lowest BCUT2D eigenvalue weighted by Gasteiger charge is -2.31. The van der Waals surface area contributed by atoms with Crippen molar-refractivity contribution >= 4 is 49.1 Å². The quantitative estimate of drug-likeness (QED) is 0.234. The molecule has 3 saturated heterocycles. The lowest BCUT2D eigenvalue weighted by molar-refractivity contribution is -0.137. The van der Waals surface area contributed by atoms with Gasteiger partial charge < -0.3 is 20.3 Å². The Kier molecular flexibility index (Phi) is 8.05. The molecule has 0 radical (unpaired) electrons. The number of rotatable bonds is 6. The number of thiophene rings is 1. The molecule has 258 valence electrons. The Labute approximate surface area is 280 Å². The molecule has 2 N–H and O–H groups in total. The van der Waals surface area contributed by atoms with E-state index >= 15 is 4.39 Å². The number of nitrogen functional groups attached to an aromatic ring is 1. The van der Waals surface area contributed by atoms with Gasteiger partial charge in [-0.05, 0) is 43.5 Å². The van der Waals surface area contributed by atoms with Crippen LogP contribution >= 0.6 is 11.3 Å². The van der Waals surface area contributed by atoms with E-state index in [1.807, 2.05) is 11.0 Å². The summed E-state index contributed by atoms with van der Waals surface area (Å²) in [5.74, 6) is -2.42. The highest BCUT2D eigenvalue weighted by atomic mass is 32.1. The average molecular weight is 704 g/mol. The second-order valence-corrected chi connectivity index (χ2v) is 14.0. The van der Waals surface area contributed by atoms with Crippen molar-refractivity contribution in [1.82, 2.24) is 19.8 Å². The van der Waals surface area contributed by atoms with E-state index in [0.29, 0.717) is 37.3 Å². The van der Waals surface area contributed by atoms with Crippen LogP contribution in [0.15, 0.2) is 18.2 Å². The molecule has 7 rings (SSSR count). The summed E-state index contributed by atoms with van der Waals surface area (Å²) < 4.78 is 97.0. The molecule has 2 aromatic heterocycles. The third-order valence-electron chi connectivity index (χ3n) is 10.1. The van der Waals surface area contributed by atoms with Gasteiger partial charge in [-0.1, -0.05) is 6.07 Å². The number of nitrogens with two attached hydrogens (primary N) is 1. The molecular weight excluding hydrogens is 672 g/mol. The van der Waals surface area contributed by atoms with E-state index in [-0.39, 0.29) is 81.5 Å². The van der Waals surface area contributed by atoms with Gasteiger partial charge in [-0.3, -0.25) is 9.69 Å². The summed E-state index contributed by atoms with van der Waals surface area (Å²) in [5.41, 5.74) is 1.86. The third-order valence-corrected chi connectivity index (χ3v) is 11.1. The van der Waals surface area contributed by atoms with Gasteiger partial charge in [-0.2, -0.15) is 28.4 Å². The average Bonchev–Trinajstić information content (AvgIpc) is 3.82. The molecule has 0 bridgehead atoms. The molecule has 1 amide bonds. The van der Waals surface area contributed by atoms with Crippen LogP contribution in [0.3, 0.4) is 0 Å². The fourth-order valence-corrected chi connectivity index (χ4v) is 8.63. The van der Waals surface area contributed by atoms with E-state index in [1.54, 1.807) is 16.8 Å². The van der Waals surface area contributed by atoms with Crippen molar-refractivity contribution in [3.63, 3.8) is 0 Å². The van der Waals surface area contributed by atoms with Crippen LogP contribution in [0.2, 0.25) is 0 Å². The standard InChI is InChI=1S/C33H31F6N7O2S/c1-16(47)45-9-6-18(14-45)44(2)30-20-10-22(33(37,38)39)25(19-4-5-23(35)28-24(19)21(12-40)29(41)49-28)26(36)27(20)42-31(43-30)48-15-32-7-3-8-46(32)13-17(34)11-32/h4-5,10,17-18H,3,6-9,11,13-15,41H2,1-2H3/t17-,18+,32+/m1/s1. The second-order valence-electron chi connectivity index (χ2n) is 13.0. The van der Waals surface area contributed by atoms with E-state index in [0.717, 1.165) is 24.6 Å². The van der Waals surface area contributed by atoms with Crippen molar-refractivity contribution in [3.05, 3.63) is 41.0 Å². The van der Waals surface area contributed by atoms with Crippen LogP contribution in [0.5, 0.6) is 6.01 Å². The Morgan fingerprint density at radius 1 is 1.24 bits per heavy atom. The summed E-state index contributed by atoms with van der Waals surface area (Å²) >= 11 is 0.678. The third kappa shape index (κ3) is 5.47. The molecule has 3 aliphatic heterocycles. The number of carbonyl (C=O) groups excluding carboxylic acids is 1. The number of likely N-dealkylation sites (tertiary alicyclic amines) is 1. The summed E-state index contributed by atoms with van der Waals surface area (Å²) in [5, 5.41) is 9.17. The lowest BCUT2D eigenvalue weighted by atomic mass is 9.92. The minimum absolute atomic E-state index is 0.0168. The normalized spacial score (nSPS) is 22.6. The van der Waals surface area contributed by atoms with Crippen LogP contribution in [0.25, 0.3) is 32.1 Å². The molecule has 3 aliphatic rings. The summed E-state index contributed by atoms with van der Waals surface area (Å²) in [6.45, 7) is 3.02. The van der Waals surface area contributed by atoms with Crippen molar-refractivity contribution < 1.29 is 35.9 Å². The Morgan fingerprint density at radius 3 is 2.71 bits per heavy atom. The smallest absolute Gasteiger partial charge is 0.417 e. The van der Waals surface area contributed by atoms with Gasteiger partial charge in [0.15, 0.2) is 5.82 Å². The number of alkyl halides is 4. The first-order chi connectivity index (χ1) is 23.2. The van der Waals surface area contributed by atoms with E-state index < -0.39 is 46.2 Å². The number of fused-ring (bicyclic) bond motifs is 3. The van der Waals surface area contributed by atoms with Crippen LogP contribution in [0.4, 0.5) is 37.2 Å². The van der Waals surface area contributed by atoms with Gasteiger partial charge in [-0.15, -0.1) is 11.3 Å². The molecule has 9 nitrogen and oxygen atoms in total. The van der Waals surface area contributed by atoms with Crippen LogP contribution in [-0.2, 0) is 11.0 Å². The molecule has 16 heteroatoms. The highest BCUT2D eigenvalue weighted by Gasteiger charge is 2.49. The van der Waals surface area contributed by atoms with Crippen molar-refractivity contribution in [2.24, 2.45) is 0 Å². The summed E-state index contributed by atoms with van der Waals surface area (Å²) in [6, 6.07) is 3.77. The molecule has 0 aliphatic carbocycles. The van der Waals surface area contributed by atoms with Crippen molar-refractivity contribution in [2.45, 2.75) is 56.5 Å². The van der Waals surface area contributed by atoms with E-state index in [4.69, 9.17) is 10.5 Å². The minimum atomic E-state index is -5.11. The number of nitriles is 1. The molecule has 3 atom stereocenters. The van der Waals surface area contributed by atoms with E-state index in [1.165, 1.54) is 6.92 Å². The van der Waals surface area contributed by atoms with Gasteiger partial charge in [0.25, 0.3) is 0 Å². The number of amides is 1. The molecule has 5 heterocycles. The van der Waals surface area contributed by atoms with Crippen LogP contribution < -0.4 is 15.4 Å². The number of nitrogens with zero attached hydrogens (tertiary/aromatic N) is 6. The Hall–Kier alpha value is -4.36. The van der Waals surface area contributed by atoms with Crippen LogP contribution in [0.1, 0.15) is 43.7 Å². The zero-order valence-electron chi connectivity index (χ0n) is 26.5. The number of aromatic nitrogens is 2. The molecule has 0 unspecified atom stereocenters. The number of benzene rings is 2. The lowest BCUT2D eigenvalue weighted by Crippen LogP contribution is -2.43. The van der Waals surface area contributed by atoms with Crippen molar-refractivity contribution in [3.8, 4) is 23.2 Å². The summed E-state index contributed by atoms with van der Waals surface area (Å²) in [4.78, 5) is 26.1. The fourth-order valence-electron chi connectivity index (χ4n) is 7.68. The number of anilines is 2. The Balaban J connectivity index is 1.44. The molecular formula is C33H31F6N7O2S. The number of likely N-dealkylation sites (N-methyl/N-ethyl adjacent to an activating group) is 1. The minimum Gasteiger partial charge on any atom is -0.461 e. The van der Waals surface area contributed by atoms with Gasteiger partial charge in [0, 0.05) is 62.4 Å². The van der Waals surface area contributed by atoms with Gasteiger partial charge in [0.1, 0.15) is 41.0 Å². The van der Waals surface area contributed by atoms with E-state index in [2.05, 4.69) is 9.97 Å². The summed E-state index contributed by atoms with van der Waals surface area (Å²) in [7, 11) is 1.60. The Bertz CT molecular complexity index is 2050. The number of carbonyl (C=O) groups is 1. The largest absolute Gasteiger partial charge is 0.461 e. The molecule has 3 fully saturated rings. The highest BCUT2D eigenvalue weighted by Crippen LogP contribution is 2.48. The van der Waals surface area contributed by atoms with Gasteiger partial charge in [0.05, 0.1) is 21.4 Å². The fraction of sp³-hybridized carbons (Fsp3) is 0.455. The predicted octanol–water partition coefficient (Wildman–Crippen LogP) is 6.27. The van der Waals surface area contributed by atoms with Crippen molar-refractivity contribution in [2.75, 3.05) is 50.5 Å². The Morgan fingerprint density at radius 2 is 2.02 bits per heavy atom. The maximum absolute atomic E-state index is 17.0. The number of hydrogen-bond donors (Lipinski definition) is 1. The summed E-state index contributed by atoms with van der Waals surface area (Å²) in [6.07, 6.45) is -3.96. The second kappa shape index (κ2) is 11.9. The van der Waals surface area contributed by atoms with E-state index in [9.17, 15) is 32.0 Å². The first-order valence-electron chi connectivity index (χ1n) is 15.7. The molecule has 0 saturated carbocycles. The first-order valence-corrected chi connectivity index (χ1v) is 16.6. The maximum atomic E-state index is 17.0. The molecule has 2 aromatic carbocycles. The highest BCUT2D eigenvalue weighted by molar-refractivity contribution is 7.23. The molecule has 0 spiro atoms. The van der Waals surface area contributed by atoms with Crippen molar-refractivity contribution in [1.29, 1.82) is 5.26 Å². The number of halogens is 6. The van der Waals surface area contributed by atoms with Gasteiger partial charge in [-0.25, -0.2) is 13.2 Å². The zero-order chi connectivity index (χ0) is 35.0. The van der Waals surface area contributed by atoms with Gasteiger partial charge in [0.2, 0.25) is 5.91 Å². The van der Waals surface area contributed by atoms with Crippen LogP contribution in [0, 0.1) is 23.0 Å².